The van der Waals surface area contributed by atoms with E-state index >= 15 is 0 Å². The van der Waals surface area contributed by atoms with Crippen LogP contribution in [-0.4, -0.2) is 34.6 Å². The van der Waals surface area contributed by atoms with Gasteiger partial charge in [-0.2, -0.15) is 0 Å². The van der Waals surface area contributed by atoms with Gasteiger partial charge in [0.15, 0.2) is 0 Å². The van der Waals surface area contributed by atoms with Crippen molar-refractivity contribution in [1.29, 1.82) is 5.41 Å². The summed E-state index contributed by atoms with van der Waals surface area (Å²) in [4.78, 5) is 13.0. The molecule has 0 radical (unpaired) electrons. The largest absolute Gasteiger partial charge is 0.494 e. The molecule has 34 heavy (non-hydrogen) atoms. The number of pyridine rings is 1. The summed E-state index contributed by atoms with van der Waals surface area (Å²) in [6.07, 6.45) is 14.4. The molecule has 1 aromatic rings. The number of aliphatic hydroxyl groups is 1. The van der Waals surface area contributed by atoms with E-state index < -0.39 is 11.5 Å². The molecule has 1 heterocycles. The molecule has 4 aliphatic rings. The molecule has 3 saturated carbocycles. The topological polar surface area (TPSA) is 107 Å². The van der Waals surface area contributed by atoms with Crippen LogP contribution in [0.4, 0.5) is 0 Å². The molecular formula is C27H34N3O4+. The number of ether oxygens (including phenoxy) is 1. The van der Waals surface area contributed by atoms with Crippen LogP contribution in [0.5, 0.6) is 0 Å². The van der Waals surface area contributed by atoms with Gasteiger partial charge in [0.25, 0.3) is 0 Å². The van der Waals surface area contributed by atoms with Gasteiger partial charge in [0.1, 0.15) is 5.76 Å². The number of aromatic nitrogens is 1. The SMILES string of the molecule is COC1=CC(=N)/C(=C\CC2CCC(O)(C3CC3)CC2)C=C1NC(=O)c1cccc(C2CC2)[n+]1O. The molecule has 0 saturated heterocycles. The van der Waals surface area contributed by atoms with E-state index in [2.05, 4.69) is 11.4 Å². The zero-order valence-electron chi connectivity index (χ0n) is 19.7. The lowest BCUT2D eigenvalue weighted by atomic mass is 9.75. The van der Waals surface area contributed by atoms with E-state index in [1.807, 2.05) is 6.07 Å². The van der Waals surface area contributed by atoms with Crippen molar-refractivity contribution in [1.82, 2.24) is 5.32 Å². The van der Waals surface area contributed by atoms with Crippen LogP contribution in [-0.2, 0) is 4.74 Å². The Bertz CT molecular complexity index is 1090. The first-order chi connectivity index (χ1) is 16.4. The second kappa shape index (κ2) is 9.02. The number of rotatable bonds is 7. The van der Waals surface area contributed by atoms with Crippen molar-refractivity contribution in [3.63, 3.8) is 0 Å². The Labute approximate surface area is 200 Å². The van der Waals surface area contributed by atoms with E-state index in [1.54, 1.807) is 24.3 Å². The predicted molar refractivity (Wildman–Crippen MR) is 126 cm³/mol. The van der Waals surface area contributed by atoms with Crippen LogP contribution in [0.25, 0.3) is 0 Å². The molecule has 3 fully saturated rings. The summed E-state index contributed by atoms with van der Waals surface area (Å²) in [7, 11) is 1.51. The number of nitrogens with zero attached hydrogens (tertiary/aromatic N) is 1. The number of amides is 1. The predicted octanol–water partition coefficient (Wildman–Crippen LogP) is 3.91. The standard InChI is InChI=1S/C27H33N3O4/c1-34-25-16-21(28)19(6-5-17-11-13-27(32,14-12-17)20-9-10-20)15-22(25)29-26(31)24-4-2-3-23(30(24)33)18-7-8-18/h2-4,6,15-18,20,28,32H,5,7-14H2,1H3,(H-,29,31,33)/p+1/b19-6-,28-21?. The van der Waals surface area contributed by atoms with Crippen molar-refractivity contribution < 1.29 is 24.6 Å². The summed E-state index contributed by atoms with van der Waals surface area (Å²) in [6.45, 7) is 0. The van der Waals surface area contributed by atoms with Gasteiger partial charge in [-0.3, -0.25) is 10.0 Å². The first-order valence-corrected chi connectivity index (χ1v) is 12.4. The van der Waals surface area contributed by atoms with Crippen LogP contribution < -0.4 is 10.0 Å². The summed E-state index contributed by atoms with van der Waals surface area (Å²) in [5.41, 5.74) is 2.01. The van der Waals surface area contributed by atoms with E-state index in [1.165, 1.54) is 7.11 Å². The van der Waals surface area contributed by atoms with E-state index in [4.69, 9.17) is 10.1 Å². The van der Waals surface area contributed by atoms with Gasteiger partial charge in [-0.1, -0.05) is 6.08 Å². The van der Waals surface area contributed by atoms with Gasteiger partial charge >= 0.3 is 11.6 Å². The molecule has 4 aliphatic carbocycles. The molecule has 5 rings (SSSR count). The van der Waals surface area contributed by atoms with Crippen LogP contribution in [0.15, 0.2) is 53.5 Å². The van der Waals surface area contributed by atoms with Crippen molar-refractivity contribution in [2.24, 2.45) is 11.8 Å². The number of hydrogen-bond donors (Lipinski definition) is 4. The molecule has 0 aromatic carbocycles. The van der Waals surface area contributed by atoms with Crippen molar-refractivity contribution in [3.05, 3.63) is 64.8 Å². The van der Waals surface area contributed by atoms with Gasteiger partial charge < -0.3 is 20.6 Å². The molecule has 0 aliphatic heterocycles. The van der Waals surface area contributed by atoms with Crippen molar-refractivity contribution in [2.45, 2.75) is 69.3 Å². The number of carbonyl (C=O) groups is 1. The fourth-order valence-corrected chi connectivity index (χ4v) is 5.33. The van der Waals surface area contributed by atoms with Crippen LogP contribution in [0.3, 0.4) is 0 Å². The Balaban J connectivity index is 1.28. The van der Waals surface area contributed by atoms with Gasteiger partial charge in [0, 0.05) is 28.9 Å². The zero-order valence-corrected chi connectivity index (χ0v) is 19.7. The van der Waals surface area contributed by atoms with Crippen molar-refractivity contribution in [2.75, 3.05) is 7.11 Å². The van der Waals surface area contributed by atoms with Gasteiger partial charge in [0.2, 0.25) is 5.69 Å². The monoisotopic (exact) mass is 464 g/mol. The molecule has 0 bridgehead atoms. The third-order valence-corrected chi connectivity index (χ3v) is 7.82. The molecule has 1 amide bonds. The van der Waals surface area contributed by atoms with Gasteiger partial charge in [0.05, 0.1) is 24.1 Å². The van der Waals surface area contributed by atoms with Crippen molar-refractivity contribution >= 4 is 11.6 Å². The van der Waals surface area contributed by atoms with E-state index in [0.717, 1.165) is 73.8 Å². The highest BCUT2D eigenvalue weighted by atomic mass is 16.5. The number of methoxy groups -OCH3 is 1. The minimum atomic E-state index is -0.449. The second-order valence-corrected chi connectivity index (χ2v) is 10.3. The lowest BCUT2D eigenvalue weighted by Gasteiger charge is -2.36. The fraction of sp³-hybridized carbons (Fsp3) is 0.519. The molecule has 7 nitrogen and oxygen atoms in total. The Morgan fingerprint density at radius 1 is 1.21 bits per heavy atom. The molecule has 7 heteroatoms. The Hall–Kier alpha value is -2.93. The third-order valence-electron chi connectivity index (χ3n) is 7.82. The first kappa shape index (κ1) is 22.8. The van der Waals surface area contributed by atoms with Crippen LogP contribution in [0.1, 0.15) is 79.9 Å². The molecule has 0 atom stereocenters. The lowest BCUT2D eigenvalue weighted by Crippen LogP contribution is -2.45. The smallest absolute Gasteiger partial charge is 0.325 e. The number of hydrogen-bond acceptors (Lipinski definition) is 5. The summed E-state index contributed by atoms with van der Waals surface area (Å²) >= 11 is 0. The molecule has 4 N–H and O–H groups in total. The highest BCUT2D eigenvalue weighted by molar-refractivity contribution is 6.10. The minimum absolute atomic E-state index is 0.164. The van der Waals surface area contributed by atoms with E-state index in [-0.39, 0.29) is 5.69 Å². The van der Waals surface area contributed by atoms with Gasteiger partial charge in [-0.05, 0) is 87.3 Å². The summed E-state index contributed by atoms with van der Waals surface area (Å²) in [5.74, 6) is 1.28. The Kier molecular flexibility index (Phi) is 6.06. The molecule has 180 valence electrons. The third kappa shape index (κ3) is 4.67. The molecule has 0 unspecified atom stereocenters. The van der Waals surface area contributed by atoms with Gasteiger partial charge in [-0.25, -0.2) is 0 Å². The second-order valence-electron chi connectivity index (χ2n) is 10.3. The van der Waals surface area contributed by atoms with Crippen LogP contribution >= 0.6 is 0 Å². The van der Waals surface area contributed by atoms with Crippen LogP contribution in [0, 0.1) is 17.2 Å². The maximum absolute atomic E-state index is 13.0. The number of carbonyl (C=O) groups excluding carboxylic acids is 1. The molecule has 0 spiro atoms. The normalized spacial score (nSPS) is 28.4. The lowest BCUT2D eigenvalue weighted by molar-refractivity contribution is -0.910. The average Bonchev–Trinajstić information content (AvgIpc) is 3.72. The summed E-state index contributed by atoms with van der Waals surface area (Å²) in [5, 5.41) is 32.6. The summed E-state index contributed by atoms with van der Waals surface area (Å²) < 4.78 is 6.40. The highest BCUT2D eigenvalue weighted by Gasteiger charge is 2.45. The highest BCUT2D eigenvalue weighted by Crippen LogP contribution is 2.48. The minimum Gasteiger partial charge on any atom is -0.494 e. The van der Waals surface area contributed by atoms with Gasteiger partial charge in [-0.15, -0.1) is 0 Å². The average molecular weight is 465 g/mol. The maximum atomic E-state index is 13.0. The van der Waals surface area contributed by atoms with E-state index in [0.29, 0.717) is 34.9 Å². The van der Waals surface area contributed by atoms with E-state index in [9.17, 15) is 15.1 Å². The van der Waals surface area contributed by atoms with Crippen molar-refractivity contribution in [3.8, 4) is 0 Å². The summed E-state index contributed by atoms with van der Waals surface area (Å²) in [6, 6.07) is 5.21. The fourth-order valence-electron chi connectivity index (χ4n) is 5.33. The maximum Gasteiger partial charge on any atom is 0.325 e. The number of allylic oxidation sites excluding steroid dienone is 4. The first-order valence-electron chi connectivity index (χ1n) is 12.4. The number of nitrogens with one attached hydrogen (secondary N) is 2. The molecule has 1 aromatic heterocycles. The Morgan fingerprint density at radius 3 is 2.59 bits per heavy atom. The zero-order chi connectivity index (χ0) is 23.9. The van der Waals surface area contributed by atoms with Crippen LogP contribution in [0.2, 0.25) is 0 Å². The Morgan fingerprint density at radius 2 is 1.94 bits per heavy atom. The quantitative estimate of drug-likeness (QED) is 0.362. The molecular weight excluding hydrogens is 430 g/mol.